The topological polar surface area (TPSA) is 312 Å². The minimum atomic E-state index is -1.58. The highest BCUT2D eigenvalue weighted by molar-refractivity contribution is 5.80. The summed E-state index contributed by atoms with van der Waals surface area (Å²) in [6.07, 6.45) is -18.4. The molecule has 0 aromatic heterocycles. The van der Waals surface area contributed by atoms with E-state index in [1.807, 2.05) is 0 Å². The van der Waals surface area contributed by atoms with Crippen molar-refractivity contribution in [3.63, 3.8) is 0 Å². The van der Waals surface area contributed by atoms with Gasteiger partial charge in [0.2, 0.25) is 5.91 Å². The van der Waals surface area contributed by atoms with Crippen LogP contribution in [0.3, 0.4) is 0 Å². The highest BCUT2D eigenvalue weighted by Gasteiger charge is 2.53. The average Bonchev–Trinajstić information content (AvgIpc) is 3.17. The first-order valence-corrected chi connectivity index (χ1v) is 13.3. The number of aliphatic hydroxyl groups is 7. The van der Waals surface area contributed by atoms with Gasteiger partial charge in [0.25, 0.3) is 0 Å². The molecule has 2 heterocycles. The van der Waals surface area contributed by atoms with E-state index in [0.717, 1.165) is 0 Å². The summed E-state index contributed by atoms with van der Waals surface area (Å²) in [6, 6.07) is -4.07. The number of rotatable bonds is 10. The zero-order chi connectivity index (χ0) is 30.0. The summed E-state index contributed by atoms with van der Waals surface area (Å²) < 4.78 is 23.1. The first kappa shape index (κ1) is 33.4. The number of amides is 1. The molecule has 0 spiro atoms. The summed E-state index contributed by atoms with van der Waals surface area (Å²) in [5.74, 6) is -0.807. The fraction of sp³-hybridized carbons (Fsp3) is 0.957. The molecular formula is C23H45N5O12. The van der Waals surface area contributed by atoms with E-state index < -0.39 is 110 Å². The Balaban J connectivity index is 1.86. The molecule has 2 saturated heterocycles. The Labute approximate surface area is 231 Å². The van der Waals surface area contributed by atoms with E-state index in [1.165, 1.54) is 6.92 Å². The summed E-state index contributed by atoms with van der Waals surface area (Å²) in [4.78, 5) is 12.5. The molecule has 234 valence electrons. The van der Waals surface area contributed by atoms with Crippen molar-refractivity contribution in [1.29, 1.82) is 0 Å². The Hall–Kier alpha value is -1.13. The molecule has 16 N–H and O–H groups in total. The molecule has 2 aliphatic heterocycles. The lowest BCUT2D eigenvalue weighted by Crippen LogP contribution is -2.69. The van der Waals surface area contributed by atoms with Gasteiger partial charge in [-0.15, -0.1) is 0 Å². The van der Waals surface area contributed by atoms with Crippen molar-refractivity contribution in [1.82, 2.24) is 5.32 Å². The third-order valence-corrected chi connectivity index (χ3v) is 7.61. The Morgan fingerprint density at radius 1 is 0.900 bits per heavy atom. The Bertz CT molecular complexity index is 829. The number of nitrogens with two attached hydrogens (primary N) is 4. The van der Waals surface area contributed by atoms with Gasteiger partial charge < -0.3 is 82.9 Å². The molecule has 17 nitrogen and oxygen atoms in total. The first-order chi connectivity index (χ1) is 18.7. The fourth-order valence-corrected chi connectivity index (χ4v) is 5.24. The SMILES string of the molecule is C[C@@H](O)C1O[C@H](O[C@@H]2C(N)C[C@@H](NC(=O)[C@@H](O)CCN)C(O)C2O[C@@H]2O[C@H]([C@@H](C)N)C(O)C2O)C(N)C(O)[C@@H]1O. The maximum Gasteiger partial charge on any atom is 0.249 e. The Morgan fingerprint density at radius 2 is 1.48 bits per heavy atom. The summed E-state index contributed by atoms with van der Waals surface area (Å²) in [7, 11) is 0. The number of aliphatic hydroxyl groups excluding tert-OH is 7. The predicted octanol–water partition coefficient (Wildman–Crippen LogP) is -7.01. The van der Waals surface area contributed by atoms with Gasteiger partial charge in [-0.25, -0.2) is 0 Å². The summed E-state index contributed by atoms with van der Waals surface area (Å²) in [5.41, 5.74) is 23.7. The van der Waals surface area contributed by atoms with E-state index in [0.29, 0.717) is 0 Å². The van der Waals surface area contributed by atoms with Gasteiger partial charge in [0.05, 0.1) is 18.2 Å². The van der Waals surface area contributed by atoms with Crippen molar-refractivity contribution in [3.8, 4) is 0 Å². The first-order valence-electron chi connectivity index (χ1n) is 13.3. The maximum atomic E-state index is 12.5. The molecular weight excluding hydrogens is 538 g/mol. The molecule has 17 heteroatoms. The lowest BCUT2D eigenvalue weighted by atomic mass is 9.83. The Morgan fingerprint density at radius 3 is 2.02 bits per heavy atom. The van der Waals surface area contributed by atoms with Crippen LogP contribution in [0.4, 0.5) is 0 Å². The van der Waals surface area contributed by atoms with E-state index in [2.05, 4.69) is 5.32 Å². The molecule has 1 saturated carbocycles. The molecule has 17 atom stereocenters. The van der Waals surface area contributed by atoms with Crippen LogP contribution >= 0.6 is 0 Å². The van der Waals surface area contributed by atoms with Crippen LogP contribution in [0.15, 0.2) is 0 Å². The summed E-state index contributed by atoms with van der Waals surface area (Å²) in [5, 5.41) is 75.4. The minimum Gasteiger partial charge on any atom is -0.391 e. The van der Waals surface area contributed by atoms with Crippen molar-refractivity contribution in [3.05, 3.63) is 0 Å². The molecule has 0 radical (unpaired) electrons. The van der Waals surface area contributed by atoms with Crippen molar-refractivity contribution in [2.24, 2.45) is 22.9 Å². The number of hydrogen-bond acceptors (Lipinski definition) is 16. The standard InChI is InChI=1S/C23H45N5O12/c1-6(25)17-15(34)16(35)23(37-17)40-20-12(31)9(28-21(36)10(30)3-4-24)5-8(26)19(20)39-22-11(27)13(32)14(33)18(38-22)7(2)29/h6-20,22-23,29-35H,3-5,24-27H2,1-2H3,(H,28,36)/t6-,7-,8?,9-,10+,11?,12?,13?,14+,15?,16?,17-,18?,19-,20?,22-,23+/m1/s1. The largest absolute Gasteiger partial charge is 0.391 e. The van der Waals surface area contributed by atoms with Crippen LogP contribution < -0.4 is 28.3 Å². The maximum absolute atomic E-state index is 12.5. The molecule has 3 fully saturated rings. The second-order valence-electron chi connectivity index (χ2n) is 10.9. The van der Waals surface area contributed by atoms with Gasteiger partial charge in [-0.2, -0.15) is 0 Å². The zero-order valence-electron chi connectivity index (χ0n) is 22.4. The smallest absolute Gasteiger partial charge is 0.249 e. The van der Waals surface area contributed by atoms with Gasteiger partial charge in [-0.1, -0.05) is 0 Å². The molecule has 40 heavy (non-hydrogen) atoms. The average molecular weight is 584 g/mol. The summed E-state index contributed by atoms with van der Waals surface area (Å²) >= 11 is 0. The van der Waals surface area contributed by atoms with Crippen LogP contribution in [-0.2, 0) is 23.7 Å². The van der Waals surface area contributed by atoms with Crippen molar-refractivity contribution < 1.29 is 59.5 Å². The third-order valence-electron chi connectivity index (χ3n) is 7.61. The Kier molecular flexibility index (Phi) is 11.6. The van der Waals surface area contributed by atoms with Crippen molar-refractivity contribution in [2.75, 3.05) is 6.54 Å². The molecule has 3 aliphatic rings. The fourth-order valence-electron chi connectivity index (χ4n) is 5.24. The zero-order valence-corrected chi connectivity index (χ0v) is 22.4. The lowest BCUT2D eigenvalue weighted by Gasteiger charge is -2.48. The number of ether oxygens (including phenoxy) is 4. The van der Waals surface area contributed by atoms with E-state index in [1.54, 1.807) is 6.92 Å². The number of carbonyl (C=O) groups excluding carboxylic acids is 1. The molecule has 1 amide bonds. The van der Waals surface area contributed by atoms with Crippen LogP contribution in [0.1, 0.15) is 26.7 Å². The second kappa shape index (κ2) is 13.9. The van der Waals surface area contributed by atoms with Crippen LogP contribution in [0, 0.1) is 0 Å². The van der Waals surface area contributed by atoms with Gasteiger partial charge in [0, 0.05) is 12.1 Å². The van der Waals surface area contributed by atoms with Crippen LogP contribution in [-0.4, -0.2) is 152 Å². The number of hydrogen-bond donors (Lipinski definition) is 12. The van der Waals surface area contributed by atoms with Gasteiger partial charge in [0.1, 0.15) is 61.0 Å². The summed E-state index contributed by atoms with van der Waals surface area (Å²) in [6.45, 7) is 2.93. The van der Waals surface area contributed by atoms with Crippen molar-refractivity contribution >= 4 is 5.91 Å². The molecule has 0 aromatic carbocycles. The lowest BCUT2D eigenvalue weighted by molar-refractivity contribution is -0.315. The van der Waals surface area contributed by atoms with E-state index in [4.69, 9.17) is 41.9 Å². The minimum absolute atomic E-state index is 0.0272. The van der Waals surface area contributed by atoms with Crippen LogP contribution in [0.2, 0.25) is 0 Å². The van der Waals surface area contributed by atoms with Gasteiger partial charge in [-0.3, -0.25) is 4.79 Å². The van der Waals surface area contributed by atoms with Crippen LogP contribution in [0.5, 0.6) is 0 Å². The molecule has 3 rings (SSSR count). The molecule has 0 bridgehead atoms. The number of carbonyl (C=O) groups is 1. The molecule has 8 unspecified atom stereocenters. The van der Waals surface area contributed by atoms with Crippen molar-refractivity contribution in [2.45, 2.75) is 131 Å². The van der Waals surface area contributed by atoms with E-state index in [-0.39, 0.29) is 19.4 Å². The quantitative estimate of drug-likeness (QED) is 0.114. The molecule has 0 aromatic rings. The van der Waals surface area contributed by atoms with Gasteiger partial charge in [0.15, 0.2) is 12.6 Å². The second-order valence-corrected chi connectivity index (χ2v) is 10.9. The highest BCUT2D eigenvalue weighted by Crippen LogP contribution is 2.33. The normalized spacial score (nSPS) is 46.5. The number of nitrogens with one attached hydrogen (secondary N) is 1. The predicted molar refractivity (Wildman–Crippen MR) is 135 cm³/mol. The van der Waals surface area contributed by atoms with E-state index >= 15 is 0 Å². The third kappa shape index (κ3) is 7.08. The highest BCUT2D eigenvalue weighted by atomic mass is 16.7. The van der Waals surface area contributed by atoms with Gasteiger partial charge >= 0.3 is 0 Å². The van der Waals surface area contributed by atoms with Crippen LogP contribution in [0.25, 0.3) is 0 Å². The van der Waals surface area contributed by atoms with Gasteiger partial charge in [-0.05, 0) is 33.2 Å². The monoisotopic (exact) mass is 583 g/mol. The van der Waals surface area contributed by atoms with E-state index in [9.17, 15) is 40.5 Å². The molecule has 1 aliphatic carbocycles.